The van der Waals surface area contributed by atoms with Crippen molar-refractivity contribution in [3.63, 3.8) is 0 Å². The summed E-state index contributed by atoms with van der Waals surface area (Å²) in [5.41, 5.74) is 0.546. The fourth-order valence-corrected chi connectivity index (χ4v) is 3.52. The average molecular weight is 497 g/mol. The lowest BCUT2D eigenvalue weighted by atomic mass is 9.90. The van der Waals surface area contributed by atoms with Crippen LogP contribution in [0.4, 0.5) is 6.01 Å². The minimum Gasteiger partial charge on any atom is -0.431 e. The van der Waals surface area contributed by atoms with Crippen molar-refractivity contribution >= 4 is 27.9 Å². The predicted molar refractivity (Wildman–Crippen MR) is 125 cm³/mol. The maximum atomic E-state index is 12.7. The first kappa shape index (κ1) is 27.3. The molecule has 0 aliphatic rings. The number of carbonyl (C=O) groups excluding carboxylic acids is 2. The Morgan fingerprint density at radius 3 is 2.32 bits per heavy atom. The van der Waals surface area contributed by atoms with Crippen molar-refractivity contribution in [2.75, 3.05) is 17.5 Å². The van der Waals surface area contributed by atoms with Crippen molar-refractivity contribution in [3.8, 4) is 0 Å². The highest BCUT2D eigenvalue weighted by molar-refractivity contribution is 7.91. The molecule has 4 unspecified atom stereocenters. The molecule has 12 heteroatoms. The number of hydrogen-bond acceptors (Lipinski definition) is 8. The van der Waals surface area contributed by atoms with Gasteiger partial charge in [0.25, 0.3) is 5.91 Å². The van der Waals surface area contributed by atoms with Crippen molar-refractivity contribution in [1.29, 1.82) is 0 Å². The highest BCUT2D eigenvalue weighted by Gasteiger charge is 2.35. The number of nitrogens with zero attached hydrogens (tertiary/aromatic N) is 1. The van der Waals surface area contributed by atoms with Gasteiger partial charge in [-0.05, 0) is 17.9 Å². The molecule has 0 bridgehead atoms. The average Bonchev–Trinajstić information content (AvgIpc) is 3.23. The number of anilines is 1. The third-order valence-corrected chi connectivity index (χ3v) is 5.54. The van der Waals surface area contributed by atoms with Gasteiger partial charge in [0.15, 0.2) is 5.69 Å². The fourth-order valence-electron chi connectivity index (χ4n) is 3.11. The van der Waals surface area contributed by atoms with Gasteiger partial charge in [-0.3, -0.25) is 9.59 Å². The predicted octanol–water partition coefficient (Wildman–Crippen LogP) is 0.517. The van der Waals surface area contributed by atoms with E-state index in [2.05, 4.69) is 15.6 Å². The number of carbonyl (C=O) groups is 2. The molecular formula is C22H32N4O7S. The lowest BCUT2D eigenvalue weighted by Crippen LogP contribution is -2.53. The van der Waals surface area contributed by atoms with Crippen LogP contribution in [-0.4, -0.2) is 66.5 Å². The molecular weight excluding hydrogens is 464 g/mol. The molecule has 0 aliphatic heterocycles. The molecule has 1 aromatic carbocycles. The standard InChI is InChI=1S/C22H32N4O7S/c1-13(2)11-23-20(29)14(3)18(27)19(28)16(10-15-8-6-5-7-9-15)24-21(30)17-12-33-22(25-17)26-34(4,31)32/h5-9,12-14,16,18-19,27-28H,10-11H2,1-4H3,(H,23,29)(H,24,30)(H,25,26). The van der Waals surface area contributed by atoms with E-state index in [0.29, 0.717) is 6.54 Å². The molecule has 0 saturated carbocycles. The monoisotopic (exact) mass is 496 g/mol. The first-order chi connectivity index (χ1) is 15.9. The second-order valence-corrected chi connectivity index (χ2v) is 10.3. The Labute approximate surface area is 199 Å². The largest absolute Gasteiger partial charge is 0.431 e. The van der Waals surface area contributed by atoms with Gasteiger partial charge in [0.1, 0.15) is 12.4 Å². The summed E-state index contributed by atoms with van der Waals surface area (Å²) in [4.78, 5) is 28.9. The molecule has 1 aromatic heterocycles. The quantitative estimate of drug-likeness (QED) is 0.283. The summed E-state index contributed by atoms with van der Waals surface area (Å²) >= 11 is 0. The summed E-state index contributed by atoms with van der Waals surface area (Å²) in [5.74, 6) is -1.90. The minimum absolute atomic E-state index is 0.150. The smallest absolute Gasteiger partial charge is 0.309 e. The summed E-state index contributed by atoms with van der Waals surface area (Å²) < 4.78 is 29.6. The zero-order valence-electron chi connectivity index (χ0n) is 19.6. The van der Waals surface area contributed by atoms with E-state index in [1.165, 1.54) is 6.92 Å². The second-order valence-electron chi connectivity index (χ2n) is 8.59. The number of benzene rings is 1. The van der Waals surface area contributed by atoms with E-state index in [1.807, 2.05) is 24.6 Å². The molecule has 0 fully saturated rings. The number of hydrogen-bond donors (Lipinski definition) is 5. The highest BCUT2D eigenvalue weighted by Crippen LogP contribution is 2.16. The van der Waals surface area contributed by atoms with Crippen LogP contribution in [0.3, 0.4) is 0 Å². The van der Waals surface area contributed by atoms with Gasteiger partial charge in [-0.25, -0.2) is 13.1 Å². The number of aliphatic hydroxyl groups excluding tert-OH is 2. The first-order valence-corrected chi connectivity index (χ1v) is 12.7. The number of aromatic nitrogens is 1. The van der Waals surface area contributed by atoms with Gasteiger partial charge in [0.2, 0.25) is 15.9 Å². The highest BCUT2D eigenvalue weighted by atomic mass is 32.2. The molecule has 0 saturated heterocycles. The lowest BCUT2D eigenvalue weighted by molar-refractivity contribution is -0.131. The summed E-state index contributed by atoms with van der Waals surface area (Å²) in [5, 5.41) is 26.9. The van der Waals surface area contributed by atoms with Crippen LogP contribution in [0.2, 0.25) is 0 Å². The van der Waals surface area contributed by atoms with Gasteiger partial charge >= 0.3 is 6.01 Å². The Hall–Kier alpha value is -2.96. The molecule has 0 spiro atoms. The number of sulfonamides is 1. The third kappa shape index (κ3) is 8.43. The summed E-state index contributed by atoms with van der Waals surface area (Å²) in [7, 11) is -3.65. The maximum Gasteiger partial charge on any atom is 0.309 e. The third-order valence-electron chi connectivity index (χ3n) is 5.00. The molecule has 11 nitrogen and oxygen atoms in total. The number of oxazole rings is 1. The molecule has 2 aromatic rings. The van der Waals surface area contributed by atoms with Gasteiger partial charge in [-0.1, -0.05) is 51.1 Å². The zero-order valence-corrected chi connectivity index (χ0v) is 20.4. The SMILES string of the molecule is CC(C)CNC(=O)C(C)C(O)C(O)C(Cc1ccccc1)NC(=O)c1coc(NS(C)(=O)=O)n1. The molecule has 5 N–H and O–H groups in total. The summed E-state index contributed by atoms with van der Waals surface area (Å²) in [6.07, 6.45) is -0.946. The topological polar surface area (TPSA) is 171 Å². The van der Waals surface area contributed by atoms with E-state index in [-0.39, 0.29) is 24.0 Å². The van der Waals surface area contributed by atoms with Crippen molar-refractivity contribution in [2.24, 2.45) is 11.8 Å². The van der Waals surface area contributed by atoms with Crippen molar-refractivity contribution in [3.05, 3.63) is 47.9 Å². The molecule has 34 heavy (non-hydrogen) atoms. The zero-order chi connectivity index (χ0) is 25.5. The van der Waals surface area contributed by atoms with E-state index in [4.69, 9.17) is 4.42 Å². The Balaban J connectivity index is 2.18. The van der Waals surface area contributed by atoms with Crippen LogP contribution in [0.25, 0.3) is 0 Å². The molecule has 0 radical (unpaired) electrons. The van der Waals surface area contributed by atoms with Gasteiger partial charge < -0.3 is 25.3 Å². The van der Waals surface area contributed by atoms with Gasteiger partial charge in [0, 0.05) is 6.54 Å². The Kier molecular flexibility index (Phi) is 9.59. The minimum atomic E-state index is -3.65. The molecule has 2 rings (SSSR count). The summed E-state index contributed by atoms with van der Waals surface area (Å²) in [6.45, 7) is 5.78. The van der Waals surface area contributed by atoms with Crippen molar-refractivity contribution in [1.82, 2.24) is 15.6 Å². The van der Waals surface area contributed by atoms with E-state index >= 15 is 0 Å². The Morgan fingerprint density at radius 2 is 1.74 bits per heavy atom. The molecule has 1 heterocycles. The number of rotatable bonds is 12. The van der Waals surface area contributed by atoms with Crippen molar-refractivity contribution in [2.45, 2.75) is 45.4 Å². The number of aliphatic hydroxyl groups is 2. The van der Waals surface area contributed by atoms with Crippen LogP contribution in [0, 0.1) is 11.8 Å². The Bertz CT molecular complexity index is 1060. The van der Waals surface area contributed by atoms with Crippen LogP contribution in [0.1, 0.15) is 36.8 Å². The van der Waals surface area contributed by atoms with Crippen LogP contribution in [0.5, 0.6) is 0 Å². The normalized spacial score (nSPS) is 15.3. The lowest BCUT2D eigenvalue weighted by Gasteiger charge is -2.30. The van der Waals surface area contributed by atoms with E-state index in [0.717, 1.165) is 18.1 Å². The first-order valence-electron chi connectivity index (χ1n) is 10.8. The molecule has 0 aliphatic carbocycles. The van der Waals surface area contributed by atoms with E-state index in [1.54, 1.807) is 24.3 Å². The van der Waals surface area contributed by atoms with Gasteiger partial charge in [-0.15, -0.1) is 0 Å². The second kappa shape index (κ2) is 12.0. The number of amides is 2. The van der Waals surface area contributed by atoms with Crippen LogP contribution < -0.4 is 15.4 Å². The van der Waals surface area contributed by atoms with Crippen LogP contribution in [-0.2, 0) is 21.2 Å². The van der Waals surface area contributed by atoms with Gasteiger partial charge in [-0.2, -0.15) is 4.98 Å². The van der Waals surface area contributed by atoms with E-state index in [9.17, 15) is 28.2 Å². The van der Waals surface area contributed by atoms with Crippen LogP contribution in [0.15, 0.2) is 41.0 Å². The Morgan fingerprint density at radius 1 is 1.09 bits per heavy atom. The maximum absolute atomic E-state index is 12.7. The van der Waals surface area contributed by atoms with E-state index < -0.39 is 46.0 Å². The molecule has 4 atom stereocenters. The van der Waals surface area contributed by atoms with Crippen LogP contribution >= 0.6 is 0 Å². The molecule has 188 valence electrons. The molecule has 2 amide bonds. The van der Waals surface area contributed by atoms with Gasteiger partial charge in [0.05, 0.1) is 24.3 Å². The summed E-state index contributed by atoms with van der Waals surface area (Å²) in [6, 6.07) is 7.61. The fraction of sp³-hybridized carbons (Fsp3) is 0.500. The van der Waals surface area contributed by atoms with Crippen molar-refractivity contribution < 1.29 is 32.6 Å². The number of nitrogens with one attached hydrogen (secondary N) is 3.